The average Bonchev–Trinajstić information content (AvgIpc) is 2.60. The van der Waals surface area contributed by atoms with Gasteiger partial charge in [-0.3, -0.25) is 0 Å². The Bertz CT molecular complexity index is 699. The molecule has 1 heterocycles. The summed E-state index contributed by atoms with van der Waals surface area (Å²) in [4.78, 5) is 2.07. The molecule has 142 valence electrons. The van der Waals surface area contributed by atoms with Crippen molar-refractivity contribution in [2.24, 2.45) is 0 Å². The minimum atomic E-state index is -0.246. The van der Waals surface area contributed by atoms with Gasteiger partial charge in [-0.2, -0.15) is 0 Å². The Balaban J connectivity index is 2.48. The van der Waals surface area contributed by atoms with E-state index in [4.69, 9.17) is 0 Å². The Morgan fingerprint density at radius 2 is 1.81 bits per heavy atom. The third-order valence-corrected chi connectivity index (χ3v) is 5.90. The highest BCUT2D eigenvalue weighted by atomic mass is 15.3. The fourth-order valence-electron chi connectivity index (χ4n) is 3.73. The van der Waals surface area contributed by atoms with Gasteiger partial charge in [0, 0.05) is 30.4 Å². The van der Waals surface area contributed by atoms with E-state index in [1.165, 1.54) is 16.8 Å². The summed E-state index contributed by atoms with van der Waals surface area (Å²) < 4.78 is 0. The van der Waals surface area contributed by atoms with E-state index in [0.717, 1.165) is 11.5 Å². The first kappa shape index (κ1) is 20.2. The van der Waals surface area contributed by atoms with Crippen LogP contribution in [0.4, 0.5) is 0 Å². The molecule has 0 spiro atoms. The minimum absolute atomic E-state index is 0.145. The number of nitrogens with one attached hydrogen (secondary N) is 2. The van der Waals surface area contributed by atoms with E-state index in [-0.39, 0.29) is 17.5 Å². The van der Waals surface area contributed by atoms with E-state index in [9.17, 15) is 0 Å². The van der Waals surface area contributed by atoms with Gasteiger partial charge in [-0.1, -0.05) is 57.3 Å². The maximum absolute atomic E-state index is 4.42. The molecule has 0 saturated carbocycles. The maximum atomic E-state index is 4.42. The molecule has 1 unspecified atom stereocenters. The van der Waals surface area contributed by atoms with E-state index >= 15 is 0 Å². The smallest absolute Gasteiger partial charge is 0.0983 e. The van der Waals surface area contributed by atoms with Crippen molar-refractivity contribution >= 4 is 0 Å². The third kappa shape index (κ3) is 3.67. The molecule has 1 saturated heterocycles. The van der Waals surface area contributed by atoms with Gasteiger partial charge >= 0.3 is 0 Å². The normalized spacial score (nSPS) is 25.3. The van der Waals surface area contributed by atoms with E-state index in [2.05, 4.69) is 101 Å². The first-order valence-electron chi connectivity index (χ1n) is 9.50. The van der Waals surface area contributed by atoms with Gasteiger partial charge in [0.1, 0.15) is 0 Å². The van der Waals surface area contributed by atoms with Gasteiger partial charge in [0.15, 0.2) is 0 Å². The standard InChI is InChI=1S/C23H35N3/c1-10-16(4)24-18(6)23(8)22(17(5)26(9)19(7)25-23)21-13-11-20(12-14-21)15(2)3/h10-15,18,22,24-25H,5,7H2,1-4,6,8-9H3/b16-10-/t18?,22-,23-/m1/s1. The lowest BCUT2D eigenvalue weighted by atomic mass is 9.72. The van der Waals surface area contributed by atoms with Gasteiger partial charge in [-0.15, -0.1) is 0 Å². The summed E-state index contributed by atoms with van der Waals surface area (Å²) in [7, 11) is 2.03. The molecule has 2 rings (SSSR count). The highest BCUT2D eigenvalue weighted by molar-refractivity contribution is 5.39. The van der Waals surface area contributed by atoms with Crippen LogP contribution in [0.5, 0.6) is 0 Å². The van der Waals surface area contributed by atoms with Crippen molar-refractivity contribution in [2.75, 3.05) is 7.05 Å². The third-order valence-electron chi connectivity index (χ3n) is 5.90. The Morgan fingerprint density at radius 3 is 2.31 bits per heavy atom. The molecular formula is C23H35N3. The number of benzene rings is 1. The minimum Gasteiger partial charge on any atom is -0.384 e. The molecule has 3 atom stereocenters. The van der Waals surface area contributed by atoms with Crippen LogP contribution in [0, 0.1) is 0 Å². The first-order valence-corrected chi connectivity index (χ1v) is 9.50. The van der Waals surface area contributed by atoms with Crippen LogP contribution in [-0.2, 0) is 0 Å². The molecule has 1 aromatic carbocycles. The Labute approximate surface area is 159 Å². The molecular weight excluding hydrogens is 318 g/mol. The van der Waals surface area contributed by atoms with Gasteiger partial charge < -0.3 is 15.5 Å². The molecule has 26 heavy (non-hydrogen) atoms. The largest absolute Gasteiger partial charge is 0.384 e. The predicted molar refractivity (Wildman–Crippen MR) is 113 cm³/mol. The topological polar surface area (TPSA) is 27.3 Å². The van der Waals surface area contributed by atoms with Crippen molar-refractivity contribution < 1.29 is 0 Å². The summed E-state index contributed by atoms with van der Waals surface area (Å²) >= 11 is 0. The summed E-state index contributed by atoms with van der Waals surface area (Å²) in [6.45, 7) is 21.7. The van der Waals surface area contributed by atoms with Gasteiger partial charge in [-0.05, 0) is 44.7 Å². The predicted octanol–water partition coefficient (Wildman–Crippen LogP) is 5.07. The van der Waals surface area contributed by atoms with Gasteiger partial charge in [0.25, 0.3) is 0 Å². The van der Waals surface area contributed by atoms with E-state index < -0.39 is 0 Å². The quantitative estimate of drug-likeness (QED) is 0.773. The van der Waals surface area contributed by atoms with Crippen molar-refractivity contribution in [1.82, 2.24) is 15.5 Å². The zero-order chi connectivity index (χ0) is 19.6. The maximum Gasteiger partial charge on any atom is 0.0983 e. The van der Waals surface area contributed by atoms with E-state index in [0.29, 0.717) is 5.92 Å². The van der Waals surface area contributed by atoms with Crippen molar-refractivity contribution in [3.8, 4) is 0 Å². The lowest BCUT2D eigenvalue weighted by molar-refractivity contribution is 0.189. The lowest BCUT2D eigenvalue weighted by Crippen LogP contribution is -2.64. The van der Waals surface area contributed by atoms with Crippen LogP contribution >= 0.6 is 0 Å². The number of allylic oxidation sites excluding steroid dienone is 2. The molecule has 0 amide bonds. The Hall–Kier alpha value is -2.16. The molecule has 3 nitrogen and oxygen atoms in total. The fraction of sp³-hybridized carbons (Fsp3) is 0.478. The lowest BCUT2D eigenvalue weighted by Gasteiger charge is -2.52. The van der Waals surface area contributed by atoms with Crippen LogP contribution in [0.2, 0.25) is 0 Å². The van der Waals surface area contributed by atoms with E-state index in [1.54, 1.807) is 0 Å². The molecule has 0 aliphatic carbocycles. The number of nitrogens with zero attached hydrogens (tertiary/aromatic N) is 1. The highest BCUT2D eigenvalue weighted by Crippen LogP contribution is 2.42. The number of rotatable bonds is 5. The van der Waals surface area contributed by atoms with Crippen LogP contribution in [-0.4, -0.2) is 23.5 Å². The summed E-state index contributed by atoms with van der Waals surface area (Å²) in [6.07, 6.45) is 2.10. The molecule has 0 aromatic heterocycles. The summed E-state index contributed by atoms with van der Waals surface area (Å²) in [5.74, 6) is 1.56. The molecule has 1 fully saturated rings. The molecule has 1 aromatic rings. The zero-order valence-electron chi connectivity index (χ0n) is 17.5. The van der Waals surface area contributed by atoms with Gasteiger partial charge in [0.2, 0.25) is 0 Å². The second-order valence-corrected chi connectivity index (χ2v) is 8.00. The van der Waals surface area contributed by atoms with Crippen LogP contribution < -0.4 is 10.6 Å². The molecule has 1 aliphatic heterocycles. The number of hydrogen-bond donors (Lipinski definition) is 2. The van der Waals surface area contributed by atoms with Gasteiger partial charge in [0.05, 0.1) is 11.4 Å². The highest BCUT2D eigenvalue weighted by Gasteiger charge is 2.46. The second-order valence-electron chi connectivity index (χ2n) is 8.00. The van der Waals surface area contributed by atoms with Crippen LogP contribution in [0.3, 0.4) is 0 Å². The van der Waals surface area contributed by atoms with Crippen molar-refractivity contribution in [1.29, 1.82) is 0 Å². The molecule has 3 heteroatoms. The zero-order valence-corrected chi connectivity index (χ0v) is 17.5. The number of hydrogen-bond acceptors (Lipinski definition) is 3. The SMILES string of the molecule is C=C1N[C@](C)(C(C)N/C(C)=C\C)[C@@H](c2ccc(C(C)C)cc2)C(=C)N1C. The van der Waals surface area contributed by atoms with Crippen molar-refractivity contribution in [2.45, 2.75) is 65.0 Å². The van der Waals surface area contributed by atoms with Crippen LogP contribution in [0.1, 0.15) is 64.5 Å². The average molecular weight is 354 g/mol. The molecule has 2 N–H and O–H groups in total. The van der Waals surface area contributed by atoms with Crippen molar-refractivity contribution in [3.05, 3.63) is 71.8 Å². The summed E-state index contributed by atoms with van der Waals surface area (Å²) in [5.41, 5.74) is 4.63. The van der Waals surface area contributed by atoms with Crippen molar-refractivity contribution in [3.63, 3.8) is 0 Å². The van der Waals surface area contributed by atoms with E-state index in [1.807, 2.05) is 7.05 Å². The number of likely N-dealkylation sites (N-methyl/N-ethyl adjacent to an activating group) is 1. The molecule has 1 aliphatic rings. The molecule has 0 bridgehead atoms. The second kappa shape index (κ2) is 7.61. The first-order chi connectivity index (χ1) is 12.1. The fourth-order valence-corrected chi connectivity index (χ4v) is 3.73. The van der Waals surface area contributed by atoms with Crippen LogP contribution in [0.25, 0.3) is 0 Å². The van der Waals surface area contributed by atoms with Gasteiger partial charge in [-0.25, -0.2) is 0 Å². The summed E-state index contributed by atoms with van der Waals surface area (Å²) in [6, 6.07) is 9.18. The monoisotopic (exact) mass is 353 g/mol. The molecule has 0 radical (unpaired) electrons. The van der Waals surface area contributed by atoms with Crippen LogP contribution in [0.15, 0.2) is 60.7 Å². The Kier molecular flexibility index (Phi) is 5.90. The summed E-state index contributed by atoms with van der Waals surface area (Å²) in [5, 5.41) is 7.29. The Morgan fingerprint density at radius 1 is 1.23 bits per heavy atom.